The molecule has 6 nitrogen and oxygen atoms in total. The molecule has 1 unspecified atom stereocenters. The fraction of sp³-hybridized carbons (Fsp3) is 0.286. The van der Waals surface area contributed by atoms with Gasteiger partial charge in [0.15, 0.2) is 5.96 Å². The van der Waals surface area contributed by atoms with Crippen molar-refractivity contribution in [3.63, 3.8) is 0 Å². The van der Waals surface area contributed by atoms with Gasteiger partial charge in [0.1, 0.15) is 5.76 Å². The summed E-state index contributed by atoms with van der Waals surface area (Å²) in [5.41, 5.74) is 0.814. The maximum absolute atomic E-state index is 10.0. The van der Waals surface area contributed by atoms with Crippen molar-refractivity contribution in [3.05, 3.63) is 54.2 Å². The highest BCUT2D eigenvalue weighted by Gasteiger charge is 2.08. The molecular formula is C14H18N4O2. The van der Waals surface area contributed by atoms with Gasteiger partial charge < -0.3 is 20.2 Å². The number of pyridine rings is 1. The summed E-state index contributed by atoms with van der Waals surface area (Å²) in [5.74, 6) is 1.43. The van der Waals surface area contributed by atoms with Gasteiger partial charge in [-0.05, 0) is 29.8 Å². The minimum Gasteiger partial charge on any atom is -0.467 e. The van der Waals surface area contributed by atoms with E-state index in [0.717, 1.165) is 11.3 Å². The van der Waals surface area contributed by atoms with Gasteiger partial charge in [-0.25, -0.2) is 0 Å². The van der Waals surface area contributed by atoms with Crippen LogP contribution in [0.25, 0.3) is 0 Å². The van der Waals surface area contributed by atoms with Crippen LogP contribution in [0.2, 0.25) is 0 Å². The van der Waals surface area contributed by atoms with Crippen LogP contribution in [0.5, 0.6) is 0 Å². The molecule has 2 rings (SSSR count). The van der Waals surface area contributed by atoms with E-state index in [9.17, 15) is 5.11 Å². The zero-order valence-corrected chi connectivity index (χ0v) is 11.3. The number of aliphatic imine (C=N–C) groups is 1. The fourth-order valence-corrected chi connectivity index (χ4v) is 1.70. The molecule has 20 heavy (non-hydrogen) atoms. The van der Waals surface area contributed by atoms with Crippen LogP contribution in [0, 0.1) is 0 Å². The summed E-state index contributed by atoms with van der Waals surface area (Å²) < 4.78 is 5.22. The number of rotatable bonds is 5. The first-order valence-electron chi connectivity index (χ1n) is 6.34. The van der Waals surface area contributed by atoms with E-state index in [-0.39, 0.29) is 0 Å². The molecule has 0 spiro atoms. The molecule has 1 atom stereocenters. The first-order chi connectivity index (χ1) is 9.79. The summed E-state index contributed by atoms with van der Waals surface area (Å²) in [6, 6.07) is 7.28. The molecule has 2 heterocycles. The second-order valence-corrected chi connectivity index (χ2v) is 4.18. The average molecular weight is 274 g/mol. The molecule has 0 saturated heterocycles. The second-order valence-electron chi connectivity index (χ2n) is 4.18. The van der Waals surface area contributed by atoms with E-state index in [1.54, 1.807) is 37.8 Å². The number of guanidine groups is 1. The van der Waals surface area contributed by atoms with Crippen LogP contribution in [0.1, 0.15) is 17.4 Å². The summed E-state index contributed by atoms with van der Waals surface area (Å²) in [4.78, 5) is 8.00. The lowest BCUT2D eigenvalue weighted by molar-refractivity contribution is 0.180. The van der Waals surface area contributed by atoms with E-state index >= 15 is 0 Å². The van der Waals surface area contributed by atoms with Gasteiger partial charge in [-0.1, -0.05) is 0 Å². The van der Waals surface area contributed by atoms with Gasteiger partial charge in [0.05, 0.1) is 18.9 Å². The highest BCUT2D eigenvalue weighted by atomic mass is 16.3. The van der Waals surface area contributed by atoms with E-state index in [1.807, 2.05) is 12.1 Å². The van der Waals surface area contributed by atoms with Gasteiger partial charge in [-0.15, -0.1) is 0 Å². The Hall–Kier alpha value is -2.34. The van der Waals surface area contributed by atoms with Crippen LogP contribution in [-0.2, 0) is 6.54 Å². The Morgan fingerprint density at radius 3 is 2.80 bits per heavy atom. The minimum atomic E-state index is -0.611. The van der Waals surface area contributed by atoms with Crippen molar-refractivity contribution in [1.82, 2.24) is 15.6 Å². The maximum Gasteiger partial charge on any atom is 0.191 e. The Kier molecular flexibility index (Phi) is 5.14. The van der Waals surface area contributed by atoms with Crippen molar-refractivity contribution in [2.75, 3.05) is 13.6 Å². The fourth-order valence-electron chi connectivity index (χ4n) is 1.70. The number of hydrogen-bond acceptors (Lipinski definition) is 4. The number of aromatic nitrogens is 1. The maximum atomic E-state index is 10.0. The molecule has 2 aromatic heterocycles. The molecule has 0 aromatic carbocycles. The first-order valence-corrected chi connectivity index (χ1v) is 6.34. The quantitative estimate of drug-likeness (QED) is 0.561. The lowest BCUT2D eigenvalue weighted by Gasteiger charge is -2.15. The Morgan fingerprint density at radius 2 is 2.15 bits per heavy atom. The molecule has 0 fully saturated rings. The van der Waals surface area contributed by atoms with Crippen molar-refractivity contribution in [3.8, 4) is 0 Å². The van der Waals surface area contributed by atoms with Gasteiger partial charge in [0.25, 0.3) is 0 Å². The van der Waals surface area contributed by atoms with Crippen molar-refractivity contribution >= 4 is 5.96 Å². The molecular weight excluding hydrogens is 256 g/mol. The summed E-state index contributed by atoms with van der Waals surface area (Å²) in [7, 11) is 1.68. The van der Waals surface area contributed by atoms with E-state index in [4.69, 9.17) is 4.42 Å². The van der Waals surface area contributed by atoms with Gasteiger partial charge in [-0.2, -0.15) is 0 Å². The zero-order valence-electron chi connectivity index (χ0n) is 11.3. The van der Waals surface area contributed by atoms with Crippen LogP contribution >= 0.6 is 0 Å². The highest BCUT2D eigenvalue weighted by molar-refractivity contribution is 5.79. The Morgan fingerprint density at radius 1 is 1.35 bits per heavy atom. The summed E-state index contributed by atoms with van der Waals surface area (Å²) in [6.45, 7) is 0.903. The van der Waals surface area contributed by atoms with Crippen LogP contribution in [0.15, 0.2) is 52.3 Å². The van der Waals surface area contributed by atoms with Gasteiger partial charge in [-0.3, -0.25) is 9.98 Å². The SMILES string of the molecule is CN=C(NCc1ccco1)NCC(O)c1ccncc1. The molecule has 6 heteroatoms. The molecule has 0 aliphatic carbocycles. The third kappa shape index (κ3) is 4.10. The van der Waals surface area contributed by atoms with Crippen molar-refractivity contribution in [1.29, 1.82) is 0 Å². The molecule has 0 aliphatic rings. The van der Waals surface area contributed by atoms with Crippen LogP contribution in [0.3, 0.4) is 0 Å². The number of hydrogen-bond donors (Lipinski definition) is 3. The van der Waals surface area contributed by atoms with Crippen LogP contribution in [0.4, 0.5) is 0 Å². The van der Waals surface area contributed by atoms with Crippen molar-refractivity contribution in [2.24, 2.45) is 4.99 Å². The lowest BCUT2D eigenvalue weighted by Crippen LogP contribution is -2.38. The van der Waals surface area contributed by atoms with E-state index < -0.39 is 6.10 Å². The second kappa shape index (κ2) is 7.30. The number of furan rings is 1. The van der Waals surface area contributed by atoms with E-state index in [1.165, 1.54) is 0 Å². The molecule has 2 aromatic rings. The number of nitrogens with zero attached hydrogens (tertiary/aromatic N) is 2. The smallest absolute Gasteiger partial charge is 0.191 e. The molecule has 106 valence electrons. The van der Waals surface area contributed by atoms with Gasteiger partial charge >= 0.3 is 0 Å². The minimum absolute atomic E-state index is 0.363. The first kappa shape index (κ1) is 14.1. The monoisotopic (exact) mass is 274 g/mol. The van der Waals surface area contributed by atoms with Crippen molar-refractivity contribution < 1.29 is 9.52 Å². The van der Waals surface area contributed by atoms with Crippen LogP contribution < -0.4 is 10.6 Å². The number of aliphatic hydroxyl groups excluding tert-OH is 1. The normalized spacial score (nSPS) is 13.0. The predicted molar refractivity (Wildman–Crippen MR) is 76.1 cm³/mol. The zero-order chi connectivity index (χ0) is 14.2. The molecule has 0 radical (unpaired) electrons. The van der Waals surface area contributed by atoms with Gasteiger partial charge in [0, 0.05) is 26.0 Å². The number of aliphatic hydroxyl groups is 1. The Labute approximate surface area is 117 Å². The molecule has 0 aliphatic heterocycles. The topological polar surface area (TPSA) is 82.7 Å². The summed E-state index contributed by atoms with van der Waals surface area (Å²) in [5, 5.41) is 16.2. The largest absolute Gasteiger partial charge is 0.467 e. The van der Waals surface area contributed by atoms with Crippen molar-refractivity contribution in [2.45, 2.75) is 12.6 Å². The third-order valence-corrected chi connectivity index (χ3v) is 2.79. The third-order valence-electron chi connectivity index (χ3n) is 2.79. The lowest BCUT2D eigenvalue weighted by atomic mass is 10.1. The predicted octanol–water partition coefficient (Wildman–Crippen LogP) is 1.07. The standard InChI is InChI=1S/C14H18N4O2/c1-15-14(17-9-12-3-2-8-20-12)18-10-13(19)11-4-6-16-7-5-11/h2-8,13,19H,9-10H2,1H3,(H2,15,17,18). The molecule has 3 N–H and O–H groups in total. The summed E-state index contributed by atoms with van der Waals surface area (Å²) >= 11 is 0. The average Bonchev–Trinajstić information content (AvgIpc) is 3.01. The Balaban J connectivity index is 1.79. The van der Waals surface area contributed by atoms with Crippen LogP contribution in [-0.4, -0.2) is 29.6 Å². The van der Waals surface area contributed by atoms with E-state index in [0.29, 0.717) is 19.0 Å². The molecule has 0 amide bonds. The van der Waals surface area contributed by atoms with E-state index in [2.05, 4.69) is 20.6 Å². The molecule has 0 bridgehead atoms. The highest BCUT2D eigenvalue weighted by Crippen LogP contribution is 2.09. The number of nitrogens with one attached hydrogen (secondary N) is 2. The molecule has 0 saturated carbocycles. The summed E-state index contributed by atoms with van der Waals surface area (Å²) in [6.07, 6.45) is 4.33. The Bertz CT molecular complexity index is 525. The van der Waals surface area contributed by atoms with Gasteiger partial charge in [0.2, 0.25) is 0 Å².